The molecule has 0 saturated heterocycles. The summed E-state index contributed by atoms with van der Waals surface area (Å²) in [5.74, 6) is 0.772. The van der Waals surface area contributed by atoms with Crippen molar-refractivity contribution in [3.05, 3.63) is 70.2 Å². The standard InChI is InChI=1S/C21H23BrN6.HI/c1-14-3-5-18-15(10-25-19(18)9-14)7-8-24-21(23-2)26-11-17-13-28-12-16(22)4-6-20(28)27-17;/h3-6,9-10,12-13,25H,7-8,11H2,1-2H3,(H2,23,24,26);1H. The number of imidazole rings is 1. The molecular weight excluding hydrogens is 543 g/mol. The second-order valence-corrected chi connectivity index (χ2v) is 7.73. The lowest BCUT2D eigenvalue weighted by Gasteiger charge is -2.10. The minimum absolute atomic E-state index is 0. The first-order valence-corrected chi connectivity index (χ1v) is 10.1. The number of benzene rings is 1. The van der Waals surface area contributed by atoms with Crippen molar-refractivity contribution in [3.8, 4) is 0 Å². The normalized spacial score (nSPS) is 11.6. The summed E-state index contributed by atoms with van der Waals surface area (Å²) in [5, 5.41) is 7.99. The molecule has 0 saturated carbocycles. The molecule has 0 aliphatic carbocycles. The van der Waals surface area contributed by atoms with E-state index in [1.54, 1.807) is 7.05 Å². The first kappa shape index (κ1) is 21.6. The first-order chi connectivity index (χ1) is 13.6. The van der Waals surface area contributed by atoms with Crippen molar-refractivity contribution in [1.29, 1.82) is 0 Å². The van der Waals surface area contributed by atoms with Crippen molar-refractivity contribution < 1.29 is 0 Å². The molecule has 3 aromatic heterocycles. The second kappa shape index (κ2) is 9.62. The third kappa shape index (κ3) is 5.11. The number of pyridine rings is 1. The van der Waals surface area contributed by atoms with Crippen molar-refractivity contribution in [2.45, 2.75) is 19.9 Å². The van der Waals surface area contributed by atoms with Gasteiger partial charge in [-0.2, -0.15) is 0 Å². The SMILES string of the molecule is CN=C(NCCc1c[nH]c2cc(C)ccc12)NCc1cn2cc(Br)ccc2n1.I. The quantitative estimate of drug-likeness (QED) is 0.190. The van der Waals surface area contributed by atoms with Crippen molar-refractivity contribution in [2.75, 3.05) is 13.6 Å². The molecule has 4 rings (SSSR count). The number of hydrogen-bond donors (Lipinski definition) is 3. The zero-order valence-corrected chi connectivity index (χ0v) is 20.3. The summed E-state index contributed by atoms with van der Waals surface area (Å²) < 4.78 is 3.04. The number of nitrogens with zero attached hydrogens (tertiary/aromatic N) is 3. The molecule has 3 N–H and O–H groups in total. The lowest BCUT2D eigenvalue weighted by Crippen LogP contribution is -2.37. The van der Waals surface area contributed by atoms with E-state index in [1.165, 1.54) is 22.0 Å². The molecule has 0 spiro atoms. The van der Waals surface area contributed by atoms with Gasteiger partial charge in [-0.25, -0.2) is 4.98 Å². The highest BCUT2D eigenvalue weighted by molar-refractivity contribution is 14.0. The molecule has 152 valence electrons. The topological polar surface area (TPSA) is 69.5 Å². The maximum atomic E-state index is 4.61. The van der Waals surface area contributed by atoms with Crippen LogP contribution in [0.15, 0.2) is 58.4 Å². The number of guanidine groups is 1. The van der Waals surface area contributed by atoms with Crippen molar-refractivity contribution in [2.24, 2.45) is 4.99 Å². The van der Waals surface area contributed by atoms with Gasteiger partial charge in [0, 0.05) is 47.6 Å². The molecule has 0 bridgehead atoms. The fourth-order valence-corrected chi connectivity index (χ4v) is 3.67. The average Bonchev–Trinajstić information content (AvgIpc) is 3.27. The van der Waals surface area contributed by atoms with E-state index in [9.17, 15) is 0 Å². The fourth-order valence-electron chi connectivity index (χ4n) is 3.32. The van der Waals surface area contributed by atoms with Gasteiger partial charge in [0.05, 0.1) is 12.2 Å². The summed E-state index contributed by atoms with van der Waals surface area (Å²) in [7, 11) is 1.78. The summed E-state index contributed by atoms with van der Waals surface area (Å²) in [4.78, 5) is 12.3. The van der Waals surface area contributed by atoms with Crippen LogP contribution in [0.1, 0.15) is 16.8 Å². The third-order valence-corrected chi connectivity index (χ3v) is 5.20. The number of nitrogens with one attached hydrogen (secondary N) is 3. The van der Waals surface area contributed by atoms with Gasteiger partial charge in [0.2, 0.25) is 0 Å². The number of aryl methyl sites for hydroxylation is 1. The highest BCUT2D eigenvalue weighted by atomic mass is 127. The van der Waals surface area contributed by atoms with Crippen molar-refractivity contribution in [1.82, 2.24) is 25.0 Å². The number of aliphatic imine (C=N–C) groups is 1. The number of H-pyrrole nitrogens is 1. The molecule has 8 heteroatoms. The van der Waals surface area contributed by atoms with Gasteiger partial charge in [0.1, 0.15) is 5.65 Å². The van der Waals surface area contributed by atoms with E-state index >= 15 is 0 Å². The zero-order chi connectivity index (χ0) is 19.5. The minimum Gasteiger partial charge on any atom is -0.361 e. The Hall–Kier alpha value is -2.07. The van der Waals surface area contributed by atoms with Gasteiger partial charge in [-0.15, -0.1) is 24.0 Å². The molecule has 0 aliphatic heterocycles. The van der Waals surface area contributed by atoms with Crippen LogP contribution in [-0.4, -0.2) is 33.9 Å². The first-order valence-electron chi connectivity index (χ1n) is 9.26. The number of rotatable bonds is 5. The van der Waals surface area contributed by atoms with Gasteiger partial charge < -0.3 is 20.0 Å². The van der Waals surface area contributed by atoms with Crippen LogP contribution in [0.5, 0.6) is 0 Å². The van der Waals surface area contributed by atoms with Crippen molar-refractivity contribution in [3.63, 3.8) is 0 Å². The second-order valence-electron chi connectivity index (χ2n) is 6.81. The van der Waals surface area contributed by atoms with E-state index in [1.807, 2.05) is 28.9 Å². The lowest BCUT2D eigenvalue weighted by molar-refractivity contribution is 0.788. The van der Waals surface area contributed by atoms with Crippen LogP contribution >= 0.6 is 39.9 Å². The number of halogens is 2. The Bertz CT molecular complexity index is 1150. The van der Waals surface area contributed by atoms with E-state index in [2.05, 4.69) is 72.8 Å². The van der Waals surface area contributed by atoms with Gasteiger partial charge in [0.25, 0.3) is 0 Å². The molecule has 4 aromatic rings. The van der Waals surface area contributed by atoms with E-state index < -0.39 is 0 Å². The van der Waals surface area contributed by atoms with E-state index in [-0.39, 0.29) is 24.0 Å². The Labute approximate surface area is 195 Å². The zero-order valence-electron chi connectivity index (χ0n) is 16.4. The van der Waals surface area contributed by atoms with Crippen LogP contribution in [0, 0.1) is 6.92 Å². The van der Waals surface area contributed by atoms with Gasteiger partial charge in [-0.05, 0) is 58.6 Å². The highest BCUT2D eigenvalue weighted by Crippen LogP contribution is 2.19. The molecule has 3 heterocycles. The van der Waals surface area contributed by atoms with Crippen LogP contribution in [0.2, 0.25) is 0 Å². The molecule has 0 fully saturated rings. The summed E-state index contributed by atoms with van der Waals surface area (Å²) in [6.45, 7) is 3.53. The number of aromatic amines is 1. The van der Waals surface area contributed by atoms with Crippen LogP contribution in [0.3, 0.4) is 0 Å². The molecule has 0 radical (unpaired) electrons. The summed E-state index contributed by atoms with van der Waals surface area (Å²) in [5.41, 5.74) is 5.66. The van der Waals surface area contributed by atoms with Gasteiger partial charge in [0.15, 0.2) is 5.96 Å². The minimum atomic E-state index is 0. The summed E-state index contributed by atoms with van der Waals surface area (Å²) >= 11 is 3.48. The average molecular weight is 567 g/mol. The summed E-state index contributed by atoms with van der Waals surface area (Å²) in [6.07, 6.45) is 7.04. The fraction of sp³-hybridized carbons (Fsp3) is 0.238. The van der Waals surface area contributed by atoms with Gasteiger partial charge in [-0.3, -0.25) is 4.99 Å². The Kier molecular flexibility index (Phi) is 7.18. The highest BCUT2D eigenvalue weighted by Gasteiger charge is 2.06. The van der Waals surface area contributed by atoms with E-state index in [0.29, 0.717) is 6.54 Å². The Morgan fingerprint density at radius 3 is 2.90 bits per heavy atom. The predicted molar refractivity (Wildman–Crippen MR) is 133 cm³/mol. The smallest absolute Gasteiger partial charge is 0.191 e. The van der Waals surface area contributed by atoms with E-state index in [4.69, 9.17) is 0 Å². The Morgan fingerprint density at radius 1 is 1.21 bits per heavy atom. The molecule has 6 nitrogen and oxygen atoms in total. The molecule has 29 heavy (non-hydrogen) atoms. The van der Waals surface area contributed by atoms with Gasteiger partial charge >= 0.3 is 0 Å². The van der Waals surface area contributed by atoms with Gasteiger partial charge in [-0.1, -0.05) is 12.1 Å². The molecular formula is C21H24BrIN6. The van der Waals surface area contributed by atoms with Crippen LogP contribution in [0.25, 0.3) is 16.6 Å². The summed E-state index contributed by atoms with van der Waals surface area (Å²) in [6, 6.07) is 10.5. The molecule has 0 aliphatic rings. The van der Waals surface area contributed by atoms with Crippen LogP contribution in [0.4, 0.5) is 0 Å². The predicted octanol–water partition coefficient (Wildman–Crippen LogP) is 4.41. The maximum absolute atomic E-state index is 4.61. The molecule has 0 atom stereocenters. The molecule has 1 aromatic carbocycles. The number of fused-ring (bicyclic) bond motifs is 2. The third-order valence-electron chi connectivity index (χ3n) is 4.74. The number of aromatic nitrogens is 3. The molecule has 0 unspecified atom stereocenters. The maximum Gasteiger partial charge on any atom is 0.191 e. The van der Waals surface area contributed by atoms with Crippen LogP contribution < -0.4 is 10.6 Å². The monoisotopic (exact) mass is 566 g/mol. The largest absolute Gasteiger partial charge is 0.361 e. The van der Waals surface area contributed by atoms with Crippen LogP contribution in [-0.2, 0) is 13.0 Å². The Morgan fingerprint density at radius 2 is 2.07 bits per heavy atom. The van der Waals surface area contributed by atoms with E-state index in [0.717, 1.165) is 34.7 Å². The lowest BCUT2D eigenvalue weighted by atomic mass is 10.1. The number of hydrogen-bond acceptors (Lipinski definition) is 2. The van der Waals surface area contributed by atoms with Crippen molar-refractivity contribution >= 4 is 62.4 Å². The Balaban J connectivity index is 0.00000240. The molecule has 0 amide bonds.